The molecular formula is C20H18F3N3O. The quantitative estimate of drug-likeness (QED) is 0.627. The van der Waals surface area contributed by atoms with Crippen LogP contribution in [-0.4, -0.2) is 17.1 Å². The van der Waals surface area contributed by atoms with Crippen molar-refractivity contribution in [3.05, 3.63) is 83.9 Å². The van der Waals surface area contributed by atoms with Crippen molar-refractivity contribution in [2.45, 2.75) is 19.3 Å². The third kappa shape index (κ3) is 4.75. The summed E-state index contributed by atoms with van der Waals surface area (Å²) in [5.41, 5.74) is 1.06. The summed E-state index contributed by atoms with van der Waals surface area (Å²) in [4.78, 5) is 10.4. The van der Waals surface area contributed by atoms with Gasteiger partial charge in [0.2, 0.25) is 0 Å². The third-order valence-electron chi connectivity index (χ3n) is 4.00. The van der Waals surface area contributed by atoms with Gasteiger partial charge in [0.1, 0.15) is 5.75 Å². The zero-order valence-electron chi connectivity index (χ0n) is 14.6. The van der Waals surface area contributed by atoms with Crippen molar-refractivity contribution in [3.63, 3.8) is 0 Å². The van der Waals surface area contributed by atoms with Crippen molar-refractivity contribution in [1.82, 2.24) is 9.97 Å². The standard InChI is InChI=1S/C20H18F3N3O/c1-27-19-9-8-15(20(21,22)23)12-18(19)26(13-16-6-2-4-10-24-16)14-17-7-3-5-11-25-17/h2-12H,13-14H2,1H3. The minimum Gasteiger partial charge on any atom is -0.495 e. The van der Waals surface area contributed by atoms with Gasteiger partial charge >= 0.3 is 6.18 Å². The van der Waals surface area contributed by atoms with Crippen molar-refractivity contribution in [1.29, 1.82) is 0 Å². The van der Waals surface area contributed by atoms with E-state index >= 15 is 0 Å². The van der Waals surface area contributed by atoms with E-state index in [4.69, 9.17) is 4.74 Å². The lowest BCUT2D eigenvalue weighted by molar-refractivity contribution is -0.137. The van der Waals surface area contributed by atoms with Crippen LogP contribution in [0.4, 0.5) is 18.9 Å². The number of rotatable bonds is 6. The number of nitrogens with zero attached hydrogens (tertiary/aromatic N) is 3. The van der Waals surface area contributed by atoms with Crippen molar-refractivity contribution >= 4 is 5.69 Å². The van der Waals surface area contributed by atoms with Gasteiger partial charge in [-0.1, -0.05) is 12.1 Å². The molecule has 3 aromatic rings. The first-order valence-corrected chi connectivity index (χ1v) is 8.27. The van der Waals surface area contributed by atoms with Crippen LogP contribution >= 0.6 is 0 Å². The summed E-state index contributed by atoms with van der Waals surface area (Å²) in [5, 5.41) is 0. The highest BCUT2D eigenvalue weighted by Gasteiger charge is 2.32. The monoisotopic (exact) mass is 373 g/mol. The number of anilines is 1. The average molecular weight is 373 g/mol. The first-order chi connectivity index (χ1) is 13.0. The van der Waals surface area contributed by atoms with E-state index in [1.54, 1.807) is 29.4 Å². The number of methoxy groups -OCH3 is 1. The summed E-state index contributed by atoms with van der Waals surface area (Å²) in [5.74, 6) is 0.356. The van der Waals surface area contributed by atoms with Crippen LogP contribution in [0.3, 0.4) is 0 Å². The minimum absolute atomic E-state index is 0.315. The van der Waals surface area contributed by atoms with Crippen molar-refractivity contribution in [2.75, 3.05) is 12.0 Å². The molecule has 7 heteroatoms. The maximum atomic E-state index is 13.2. The molecule has 0 aliphatic rings. The maximum absolute atomic E-state index is 13.2. The molecule has 0 bridgehead atoms. The van der Waals surface area contributed by atoms with E-state index in [9.17, 15) is 13.2 Å². The highest BCUT2D eigenvalue weighted by molar-refractivity contribution is 5.60. The molecule has 0 N–H and O–H groups in total. The lowest BCUT2D eigenvalue weighted by Gasteiger charge is -2.27. The summed E-state index contributed by atoms with van der Waals surface area (Å²) in [6, 6.07) is 14.4. The van der Waals surface area contributed by atoms with Gasteiger partial charge in [0, 0.05) is 12.4 Å². The van der Waals surface area contributed by atoms with Gasteiger partial charge < -0.3 is 9.64 Å². The van der Waals surface area contributed by atoms with Gasteiger partial charge in [0.15, 0.2) is 0 Å². The van der Waals surface area contributed by atoms with E-state index in [1.807, 2.05) is 24.3 Å². The van der Waals surface area contributed by atoms with Crippen molar-refractivity contribution in [2.24, 2.45) is 0 Å². The number of hydrogen-bond acceptors (Lipinski definition) is 4. The fourth-order valence-electron chi connectivity index (χ4n) is 2.71. The second-order valence-corrected chi connectivity index (χ2v) is 5.88. The summed E-state index contributed by atoms with van der Waals surface area (Å²) in [6.07, 6.45) is -1.14. The molecule has 2 heterocycles. The van der Waals surface area contributed by atoms with Crippen LogP contribution in [0.15, 0.2) is 67.0 Å². The Morgan fingerprint density at radius 1 is 0.889 bits per heavy atom. The molecule has 0 spiro atoms. The zero-order valence-corrected chi connectivity index (χ0v) is 14.6. The molecule has 27 heavy (non-hydrogen) atoms. The average Bonchev–Trinajstić information content (AvgIpc) is 2.68. The molecule has 0 atom stereocenters. The number of halogens is 3. The summed E-state index contributed by atoms with van der Waals surface area (Å²) in [6.45, 7) is 0.629. The lowest BCUT2D eigenvalue weighted by Crippen LogP contribution is -2.24. The van der Waals surface area contributed by atoms with Gasteiger partial charge in [-0.15, -0.1) is 0 Å². The van der Waals surface area contributed by atoms with Crippen LogP contribution in [0.2, 0.25) is 0 Å². The van der Waals surface area contributed by atoms with E-state index in [-0.39, 0.29) is 0 Å². The second-order valence-electron chi connectivity index (χ2n) is 5.88. The Kier molecular flexibility index (Phi) is 5.59. The Morgan fingerprint density at radius 2 is 1.48 bits per heavy atom. The topological polar surface area (TPSA) is 38.2 Å². The number of benzene rings is 1. The SMILES string of the molecule is COc1ccc(C(F)(F)F)cc1N(Cc1ccccn1)Cc1ccccn1. The van der Waals surface area contributed by atoms with Crippen molar-refractivity contribution < 1.29 is 17.9 Å². The van der Waals surface area contributed by atoms with Crippen LogP contribution in [0.5, 0.6) is 5.75 Å². The Hall–Kier alpha value is -3.09. The zero-order chi connectivity index (χ0) is 19.3. The van der Waals surface area contributed by atoms with E-state index < -0.39 is 11.7 Å². The smallest absolute Gasteiger partial charge is 0.416 e. The molecule has 0 saturated heterocycles. The van der Waals surface area contributed by atoms with Crippen LogP contribution in [0, 0.1) is 0 Å². The first-order valence-electron chi connectivity index (χ1n) is 8.27. The Morgan fingerprint density at radius 3 is 1.93 bits per heavy atom. The number of ether oxygens (including phenoxy) is 1. The lowest BCUT2D eigenvalue weighted by atomic mass is 10.1. The van der Waals surface area contributed by atoms with Gasteiger partial charge in [-0.2, -0.15) is 13.2 Å². The summed E-state index contributed by atoms with van der Waals surface area (Å²) < 4.78 is 45.0. The second kappa shape index (κ2) is 8.07. The minimum atomic E-state index is -4.44. The fourth-order valence-corrected chi connectivity index (χ4v) is 2.71. The van der Waals surface area contributed by atoms with Crippen LogP contribution in [0.1, 0.15) is 17.0 Å². The highest BCUT2D eigenvalue weighted by atomic mass is 19.4. The predicted molar refractivity (Wildman–Crippen MR) is 96.4 cm³/mol. The number of alkyl halides is 3. The van der Waals surface area contributed by atoms with E-state index in [1.165, 1.54) is 13.2 Å². The molecule has 4 nitrogen and oxygen atoms in total. The van der Waals surface area contributed by atoms with E-state index in [2.05, 4.69) is 9.97 Å². The molecule has 1 aromatic carbocycles. The molecule has 2 aromatic heterocycles. The van der Waals surface area contributed by atoms with Gasteiger partial charge in [-0.05, 0) is 42.5 Å². The molecule has 0 radical (unpaired) electrons. The first kappa shape index (κ1) is 18.7. The number of aromatic nitrogens is 2. The Labute approximate surface area is 155 Å². The molecule has 0 amide bonds. The molecule has 3 rings (SSSR count). The largest absolute Gasteiger partial charge is 0.495 e. The number of hydrogen-bond donors (Lipinski definition) is 0. The molecule has 0 saturated carbocycles. The van der Waals surface area contributed by atoms with Crippen LogP contribution in [0.25, 0.3) is 0 Å². The normalized spacial score (nSPS) is 11.3. The fraction of sp³-hybridized carbons (Fsp3) is 0.200. The number of pyridine rings is 2. The highest BCUT2D eigenvalue weighted by Crippen LogP contribution is 2.37. The molecular weight excluding hydrogens is 355 g/mol. The van der Waals surface area contributed by atoms with Crippen LogP contribution in [-0.2, 0) is 19.3 Å². The molecule has 0 fully saturated rings. The predicted octanol–water partition coefficient (Wildman–Crippen LogP) is 4.71. The van der Waals surface area contributed by atoms with Gasteiger partial charge in [-0.25, -0.2) is 0 Å². The van der Waals surface area contributed by atoms with Gasteiger partial charge in [0.05, 0.1) is 42.8 Å². The summed E-state index contributed by atoms with van der Waals surface area (Å²) >= 11 is 0. The van der Waals surface area contributed by atoms with Crippen LogP contribution < -0.4 is 9.64 Å². The van der Waals surface area contributed by atoms with E-state index in [0.717, 1.165) is 23.5 Å². The molecule has 0 aliphatic heterocycles. The van der Waals surface area contributed by atoms with E-state index in [0.29, 0.717) is 24.5 Å². The molecule has 0 aliphatic carbocycles. The molecule has 140 valence electrons. The Balaban J connectivity index is 2.03. The summed E-state index contributed by atoms with van der Waals surface area (Å²) in [7, 11) is 1.44. The van der Waals surface area contributed by atoms with Gasteiger partial charge in [-0.3, -0.25) is 9.97 Å². The maximum Gasteiger partial charge on any atom is 0.416 e. The Bertz CT molecular complexity index is 829. The molecule has 0 unspecified atom stereocenters. The third-order valence-corrected chi connectivity index (χ3v) is 4.00. The van der Waals surface area contributed by atoms with Crippen molar-refractivity contribution in [3.8, 4) is 5.75 Å². The van der Waals surface area contributed by atoms with Gasteiger partial charge in [0.25, 0.3) is 0 Å².